The second-order valence-corrected chi connectivity index (χ2v) is 9.15. The van der Waals surface area contributed by atoms with Gasteiger partial charge in [0.05, 0.1) is 32.6 Å². The van der Waals surface area contributed by atoms with E-state index in [2.05, 4.69) is 33.5 Å². The van der Waals surface area contributed by atoms with Crippen molar-refractivity contribution in [2.45, 2.75) is 31.7 Å². The number of hydrogen-bond acceptors (Lipinski definition) is 7. The number of benzene rings is 1. The zero-order valence-corrected chi connectivity index (χ0v) is 19.2. The van der Waals surface area contributed by atoms with E-state index in [1.807, 2.05) is 36.4 Å². The molecule has 8 heteroatoms. The molecule has 4 rings (SSSR count). The summed E-state index contributed by atoms with van der Waals surface area (Å²) in [7, 11) is 1.67. The van der Waals surface area contributed by atoms with Gasteiger partial charge in [-0.25, -0.2) is 0 Å². The highest BCUT2D eigenvalue weighted by Crippen LogP contribution is 2.28. The Balaban J connectivity index is 1.52. The first-order chi connectivity index (χ1) is 15.1. The smallest absolute Gasteiger partial charge is 0.192 e. The Bertz CT molecular complexity index is 958. The lowest BCUT2D eigenvalue weighted by Gasteiger charge is -2.33. The Labute approximate surface area is 187 Å². The summed E-state index contributed by atoms with van der Waals surface area (Å²) < 4.78 is 19.1. The predicted molar refractivity (Wildman–Crippen MR) is 122 cm³/mol. The molecule has 2 aromatic heterocycles. The Morgan fingerprint density at radius 1 is 1.23 bits per heavy atom. The van der Waals surface area contributed by atoms with Crippen LogP contribution in [0.25, 0.3) is 11.4 Å². The summed E-state index contributed by atoms with van der Waals surface area (Å²) in [6, 6.07) is 11.8. The number of rotatable bonds is 9. The second kappa shape index (κ2) is 10.3. The molecule has 1 fully saturated rings. The number of hydrogen-bond donors (Lipinski definition) is 0. The van der Waals surface area contributed by atoms with E-state index in [9.17, 15) is 0 Å². The van der Waals surface area contributed by atoms with Crippen LogP contribution in [0.3, 0.4) is 0 Å². The molecule has 1 aliphatic heterocycles. The number of nitrogens with zero attached hydrogens (tertiary/aromatic N) is 4. The van der Waals surface area contributed by atoms with Crippen molar-refractivity contribution in [1.29, 1.82) is 0 Å². The van der Waals surface area contributed by atoms with Gasteiger partial charge in [0.2, 0.25) is 0 Å². The molecule has 1 aliphatic rings. The van der Waals surface area contributed by atoms with Crippen LogP contribution in [0, 0.1) is 5.92 Å². The fourth-order valence-electron chi connectivity index (χ4n) is 3.80. The molecule has 166 valence electrons. The van der Waals surface area contributed by atoms with Crippen LogP contribution in [-0.4, -0.2) is 64.9 Å². The van der Waals surface area contributed by atoms with Gasteiger partial charge in [-0.1, -0.05) is 37.7 Å². The van der Waals surface area contributed by atoms with Gasteiger partial charge in [-0.3, -0.25) is 9.47 Å². The van der Waals surface area contributed by atoms with Crippen LogP contribution in [0.2, 0.25) is 0 Å². The monoisotopic (exact) mass is 442 g/mol. The van der Waals surface area contributed by atoms with E-state index in [1.165, 1.54) is 0 Å². The molecule has 0 saturated carbocycles. The van der Waals surface area contributed by atoms with E-state index in [-0.39, 0.29) is 6.10 Å². The minimum absolute atomic E-state index is 0.187. The zero-order chi connectivity index (χ0) is 21.6. The number of morpholine rings is 1. The molecular formula is C23H30N4O3S. The molecule has 1 atom stereocenters. The van der Waals surface area contributed by atoms with Crippen molar-refractivity contribution in [1.82, 2.24) is 19.7 Å². The van der Waals surface area contributed by atoms with Crippen molar-refractivity contribution >= 4 is 11.8 Å². The SMILES string of the molecule is COc1cccc(-c2nnc(SC[C@@H]3CN(CC(C)C)CCO3)n2Cc2ccco2)c1. The lowest BCUT2D eigenvalue weighted by atomic mass is 10.2. The Morgan fingerprint density at radius 3 is 2.90 bits per heavy atom. The molecule has 0 spiro atoms. The van der Waals surface area contributed by atoms with Gasteiger partial charge in [-0.15, -0.1) is 10.2 Å². The Morgan fingerprint density at radius 2 is 2.13 bits per heavy atom. The highest BCUT2D eigenvalue weighted by molar-refractivity contribution is 7.99. The van der Waals surface area contributed by atoms with Crippen molar-refractivity contribution in [2.75, 3.05) is 39.1 Å². The van der Waals surface area contributed by atoms with E-state index in [1.54, 1.807) is 25.1 Å². The van der Waals surface area contributed by atoms with Gasteiger partial charge in [0.25, 0.3) is 0 Å². The number of thioether (sulfide) groups is 1. The van der Waals surface area contributed by atoms with Crippen LogP contribution in [0.1, 0.15) is 19.6 Å². The van der Waals surface area contributed by atoms with Crippen molar-refractivity contribution in [3.63, 3.8) is 0 Å². The highest BCUT2D eigenvalue weighted by atomic mass is 32.2. The molecule has 0 unspecified atom stereocenters. The van der Waals surface area contributed by atoms with Gasteiger partial charge in [0.1, 0.15) is 11.5 Å². The number of methoxy groups -OCH3 is 1. The maximum absolute atomic E-state index is 6.02. The van der Waals surface area contributed by atoms with Crippen LogP contribution < -0.4 is 4.74 Å². The molecule has 0 bridgehead atoms. The zero-order valence-electron chi connectivity index (χ0n) is 18.4. The first kappa shape index (κ1) is 21.9. The summed E-state index contributed by atoms with van der Waals surface area (Å²) in [5.41, 5.74) is 0.960. The topological polar surface area (TPSA) is 65.6 Å². The lowest BCUT2D eigenvalue weighted by molar-refractivity contribution is -0.0191. The van der Waals surface area contributed by atoms with Gasteiger partial charge in [0.15, 0.2) is 11.0 Å². The number of aromatic nitrogens is 3. The maximum Gasteiger partial charge on any atom is 0.192 e. The summed E-state index contributed by atoms with van der Waals surface area (Å²) >= 11 is 1.69. The molecule has 7 nitrogen and oxygen atoms in total. The van der Waals surface area contributed by atoms with E-state index in [4.69, 9.17) is 13.9 Å². The van der Waals surface area contributed by atoms with Crippen molar-refractivity contribution < 1.29 is 13.9 Å². The van der Waals surface area contributed by atoms with Crippen molar-refractivity contribution in [3.8, 4) is 17.1 Å². The molecule has 0 N–H and O–H groups in total. The minimum atomic E-state index is 0.187. The van der Waals surface area contributed by atoms with E-state index >= 15 is 0 Å². The lowest BCUT2D eigenvalue weighted by Crippen LogP contribution is -2.44. The van der Waals surface area contributed by atoms with Crippen LogP contribution in [0.15, 0.2) is 52.2 Å². The summed E-state index contributed by atoms with van der Waals surface area (Å²) in [5.74, 6) is 3.95. The molecule has 1 aromatic carbocycles. The maximum atomic E-state index is 6.02. The fourth-order valence-corrected chi connectivity index (χ4v) is 4.75. The molecule has 3 aromatic rings. The van der Waals surface area contributed by atoms with Crippen LogP contribution in [0.4, 0.5) is 0 Å². The fraction of sp³-hybridized carbons (Fsp3) is 0.478. The highest BCUT2D eigenvalue weighted by Gasteiger charge is 2.23. The molecule has 1 saturated heterocycles. The summed E-state index contributed by atoms with van der Waals surface area (Å²) in [6.45, 7) is 8.95. The predicted octanol–water partition coefficient (Wildman–Crippen LogP) is 4.04. The molecule has 0 amide bonds. The normalized spacial score (nSPS) is 17.4. The molecule has 0 radical (unpaired) electrons. The third-order valence-corrected chi connectivity index (χ3v) is 6.28. The van der Waals surface area contributed by atoms with Gasteiger partial charge >= 0.3 is 0 Å². The molecule has 31 heavy (non-hydrogen) atoms. The Kier molecular flexibility index (Phi) is 7.32. The largest absolute Gasteiger partial charge is 0.497 e. The van der Waals surface area contributed by atoms with Crippen LogP contribution >= 0.6 is 11.8 Å². The standard InChI is InChI=1S/C23H30N4O3S/c1-17(2)13-26-9-11-30-21(14-26)16-31-23-25-24-22(18-6-4-7-19(12-18)28-3)27(23)15-20-8-5-10-29-20/h4-8,10,12,17,21H,9,11,13-16H2,1-3H3/t21-/m0/s1. The van der Waals surface area contributed by atoms with Gasteiger partial charge in [-0.2, -0.15) is 0 Å². The van der Waals surface area contributed by atoms with E-state index < -0.39 is 0 Å². The van der Waals surface area contributed by atoms with Crippen LogP contribution in [-0.2, 0) is 11.3 Å². The number of ether oxygens (including phenoxy) is 2. The van der Waals surface area contributed by atoms with Crippen molar-refractivity contribution in [2.24, 2.45) is 5.92 Å². The van der Waals surface area contributed by atoms with Gasteiger partial charge in [-0.05, 0) is 30.2 Å². The van der Waals surface area contributed by atoms with Crippen molar-refractivity contribution in [3.05, 3.63) is 48.4 Å². The van der Waals surface area contributed by atoms with Gasteiger partial charge < -0.3 is 13.9 Å². The summed E-state index contributed by atoms with van der Waals surface area (Å²) in [5, 5.41) is 9.87. The van der Waals surface area contributed by atoms with Gasteiger partial charge in [0, 0.05) is 31.0 Å². The minimum Gasteiger partial charge on any atom is -0.497 e. The molecule has 0 aliphatic carbocycles. The Hall–Kier alpha value is -2.29. The molecule has 3 heterocycles. The molecular weight excluding hydrogens is 412 g/mol. The first-order valence-electron chi connectivity index (χ1n) is 10.7. The third-order valence-electron chi connectivity index (χ3n) is 5.18. The quantitative estimate of drug-likeness (QED) is 0.463. The average Bonchev–Trinajstić information content (AvgIpc) is 3.42. The number of furan rings is 1. The average molecular weight is 443 g/mol. The summed E-state index contributed by atoms with van der Waals surface area (Å²) in [4.78, 5) is 2.49. The van der Waals surface area contributed by atoms with E-state index in [0.29, 0.717) is 12.5 Å². The first-order valence-corrected chi connectivity index (χ1v) is 11.7. The van der Waals surface area contributed by atoms with E-state index in [0.717, 1.165) is 60.0 Å². The third kappa shape index (κ3) is 5.70. The second-order valence-electron chi connectivity index (χ2n) is 8.16. The van der Waals surface area contributed by atoms with Crippen LogP contribution in [0.5, 0.6) is 5.75 Å². The summed E-state index contributed by atoms with van der Waals surface area (Å²) in [6.07, 6.45) is 1.88.